The molecule has 0 aromatic carbocycles. The van der Waals surface area contributed by atoms with Crippen LogP contribution in [0.1, 0.15) is 85.5 Å². The molecule has 0 saturated heterocycles. The van der Waals surface area contributed by atoms with Crippen LogP contribution in [0.25, 0.3) is 0 Å². The van der Waals surface area contributed by atoms with Gasteiger partial charge in [-0.3, -0.25) is 4.79 Å². The Hall–Kier alpha value is -0.870. The molecule has 5 aliphatic rings. The van der Waals surface area contributed by atoms with Crippen LogP contribution in [-0.4, -0.2) is 34.8 Å². The molecule has 0 aromatic heterocycles. The Labute approximate surface area is 187 Å². The summed E-state index contributed by atoms with van der Waals surface area (Å²) in [6, 6.07) is 0. The minimum atomic E-state index is -0.280. The Morgan fingerprint density at radius 1 is 1.16 bits per heavy atom. The lowest BCUT2D eigenvalue weighted by Gasteiger charge is -2.60. The normalized spacial score (nSPS) is 49.7. The molecule has 0 spiro atoms. The molecule has 4 saturated carbocycles. The van der Waals surface area contributed by atoms with E-state index in [-0.39, 0.29) is 41.5 Å². The van der Waals surface area contributed by atoms with Gasteiger partial charge in [-0.2, -0.15) is 0 Å². The Balaban J connectivity index is 1.41. The number of hydrogen-bond donors (Lipinski definition) is 2. The molecule has 0 bridgehead atoms. The second kappa shape index (κ2) is 7.58. The number of hydrogen-bond acceptors (Lipinski definition) is 4. The van der Waals surface area contributed by atoms with Crippen LogP contribution in [0.15, 0.2) is 11.3 Å². The molecule has 4 heteroatoms. The molecule has 4 fully saturated rings. The average molecular weight is 431 g/mol. The first-order chi connectivity index (χ1) is 14.7. The molecule has 2 N–H and O–H groups in total. The van der Waals surface area contributed by atoms with E-state index >= 15 is 0 Å². The summed E-state index contributed by atoms with van der Waals surface area (Å²) in [6.45, 7) is 9.21. The van der Waals surface area contributed by atoms with Gasteiger partial charge in [0, 0.05) is 30.8 Å². The zero-order valence-corrected chi connectivity index (χ0v) is 19.9. The molecule has 0 aromatic rings. The van der Waals surface area contributed by atoms with E-state index in [1.807, 2.05) is 0 Å². The first kappa shape index (κ1) is 21.9. The van der Waals surface area contributed by atoms with Crippen molar-refractivity contribution in [3.63, 3.8) is 0 Å². The summed E-state index contributed by atoms with van der Waals surface area (Å²) in [5, 5.41) is 19.6. The lowest BCUT2D eigenvalue weighted by Crippen LogP contribution is -2.57. The van der Waals surface area contributed by atoms with Crippen molar-refractivity contribution in [2.24, 2.45) is 46.3 Å². The predicted molar refractivity (Wildman–Crippen MR) is 120 cm³/mol. The highest BCUT2D eigenvalue weighted by molar-refractivity contribution is 5.87. The number of ether oxygens (including phenoxy) is 1. The summed E-state index contributed by atoms with van der Waals surface area (Å²) in [4.78, 5) is 13.9. The SMILES string of the molecule is CC1=C(CC[C@@H](C)CO)O[C@@H]2C[C@@H]3[C@@H]4CC[C@H]5C[C@@H](O)CC[C@]5(C)[C@H]4CC(=O)[C@]3(C)[C@@H]12. The molecule has 4 aliphatic carbocycles. The van der Waals surface area contributed by atoms with E-state index in [0.717, 1.165) is 50.7 Å². The molecule has 10 atom stereocenters. The van der Waals surface area contributed by atoms with E-state index in [2.05, 4.69) is 27.7 Å². The number of allylic oxidation sites excluding steroid dienone is 1. The van der Waals surface area contributed by atoms with Crippen molar-refractivity contribution < 1.29 is 19.7 Å². The average Bonchev–Trinajstić information content (AvgIpc) is 3.22. The summed E-state index contributed by atoms with van der Waals surface area (Å²) in [6.07, 6.45) is 8.93. The highest BCUT2D eigenvalue weighted by Crippen LogP contribution is 2.68. The smallest absolute Gasteiger partial charge is 0.140 e. The number of carbonyl (C=O) groups is 1. The second-order valence-corrected chi connectivity index (χ2v) is 12.3. The van der Waals surface area contributed by atoms with E-state index in [0.29, 0.717) is 29.5 Å². The molecule has 0 unspecified atom stereocenters. The Kier molecular flexibility index (Phi) is 5.37. The fourth-order valence-corrected chi connectivity index (χ4v) is 8.97. The maximum absolute atomic E-state index is 13.9. The van der Waals surface area contributed by atoms with E-state index in [1.54, 1.807) is 0 Å². The Morgan fingerprint density at radius 2 is 1.94 bits per heavy atom. The maximum atomic E-state index is 13.9. The van der Waals surface area contributed by atoms with Crippen LogP contribution in [0.4, 0.5) is 0 Å². The van der Waals surface area contributed by atoms with Gasteiger partial charge < -0.3 is 14.9 Å². The Morgan fingerprint density at radius 3 is 2.68 bits per heavy atom. The van der Waals surface area contributed by atoms with Gasteiger partial charge in [0.25, 0.3) is 0 Å². The van der Waals surface area contributed by atoms with E-state index in [4.69, 9.17) is 4.74 Å². The van der Waals surface area contributed by atoms with Crippen molar-refractivity contribution in [2.45, 2.75) is 97.7 Å². The Bertz CT molecular complexity index is 773. The predicted octanol–water partition coefficient (Wildman–Crippen LogP) is 4.88. The third-order valence-corrected chi connectivity index (χ3v) is 10.9. The topological polar surface area (TPSA) is 66.8 Å². The fraction of sp³-hybridized carbons (Fsp3) is 0.889. The van der Waals surface area contributed by atoms with E-state index < -0.39 is 0 Å². The van der Waals surface area contributed by atoms with Gasteiger partial charge >= 0.3 is 0 Å². The molecule has 31 heavy (non-hydrogen) atoms. The fourth-order valence-electron chi connectivity index (χ4n) is 8.97. The summed E-state index contributed by atoms with van der Waals surface area (Å²) in [7, 11) is 0. The van der Waals surface area contributed by atoms with Gasteiger partial charge in [-0.15, -0.1) is 0 Å². The van der Waals surface area contributed by atoms with Crippen molar-refractivity contribution in [3.8, 4) is 0 Å². The van der Waals surface area contributed by atoms with Gasteiger partial charge in [-0.1, -0.05) is 20.8 Å². The number of ketones is 1. The van der Waals surface area contributed by atoms with Gasteiger partial charge in [0.1, 0.15) is 11.9 Å². The third-order valence-electron chi connectivity index (χ3n) is 10.9. The molecule has 0 amide bonds. The van der Waals surface area contributed by atoms with Crippen LogP contribution in [0.5, 0.6) is 0 Å². The molecule has 4 nitrogen and oxygen atoms in total. The second-order valence-electron chi connectivity index (χ2n) is 12.3. The van der Waals surface area contributed by atoms with Crippen molar-refractivity contribution >= 4 is 5.78 Å². The highest BCUT2D eigenvalue weighted by atomic mass is 16.5. The van der Waals surface area contributed by atoms with Crippen LogP contribution < -0.4 is 0 Å². The minimum absolute atomic E-state index is 0.141. The van der Waals surface area contributed by atoms with Crippen LogP contribution in [0, 0.1) is 46.3 Å². The molecule has 174 valence electrons. The van der Waals surface area contributed by atoms with Gasteiger partial charge in [-0.25, -0.2) is 0 Å². The lowest BCUT2D eigenvalue weighted by molar-refractivity contribution is -0.158. The minimum Gasteiger partial charge on any atom is -0.494 e. The summed E-state index contributed by atoms with van der Waals surface area (Å²) < 4.78 is 6.54. The van der Waals surface area contributed by atoms with E-state index in [1.165, 1.54) is 18.4 Å². The van der Waals surface area contributed by atoms with E-state index in [9.17, 15) is 15.0 Å². The lowest BCUT2D eigenvalue weighted by atomic mass is 9.44. The zero-order chi connectivity index (χ0) is 22.1. The number of Topliss-reactive ketones (excluding diaryl/α,β-unsaturated/α-hetero) is 1. The molecule has 5 rings (SSSR count). The van der Waals surface area contributed by atoms with Crippen LogP contribution in [0.3, 0.4) is 0 Å². The number of rotatable bonds is 4. The number of aliphatic hydroxyl groups excluding tert-OH is 2. The quantitative estimate of drug-likeness (QED) is 0.667. The maximum Gasteiger partial charge on any atom is 0.140 e. The van der Waals surface area contributed by atoms with Crippen molar-refractivity contribution in [2.75, 3.05) is 6.61 Å². The number of fused-ring (bicyclic) bond motifs is 7. The van der Waals surface area contributed by atoms with Gasteiger partial charge in [0.2, 0.25) is 0 Å². The number of carbonyl (C=O) groups excluding carboxylic acids is 1. The molecule has 1 heterocycles. The van der Waals surface area contributed by atoms with Crippen LogP contribution >= 0.6 is 0 Å². The largest absolute Gasteiger partial charge is 0.494 e. The van der Waals surface area contributed by atoms with Gasteiger partial charge in [0.15, 0.2) is 0 Å². The molecular formula is C27H42O4. The standard InChI is InChI=1S/C27H42O4/c1-15(14-28)5-8-22-16(2)25-23(31-22)12-21-19-7-6-17-11-18(29)9-10-26(17,3)20(19)13-24(30)27(21,25)4/h15,17-21,23,25,28-29H,5-14H2,1-4H3/t15-,17+,18+,19-,20+,21-,23-,25+,26+,27-/m1/s1. The molecular weight excluding hydrogens is 388 g/mol. The van der Waals surface area contributed by atoms with Gasteiger partial charge in [-0.05, 0) is 92.4 Å². The monoisotopic (exact) mass is 430 g/mol. The summed E-state index contributed by atoms with van der Waals surface area (Å²) in [5.41, 5.74) is 1.25. The highest BCUT2D eigenvalue weighted by Gasteiger charge is 2.67. The van der Waals surface area contributed by atoms with Crippen molar-refractivity contribution in [1.29, 1.82) is 0 Å². The zero-order valence-electron chi connectivity index (χ0n) is 19.9. The number of aliphatic hydroxyl groups is 2. The third kappa shape index (κ3) is 3.10. The van der Waals surface area contributed by atoms with Crippen LogP contribution in [0.2, 0.25) is 0 Å². The van der Waals surface area contributed by atoms with Crippen LogP contribution in [-0.2, 0) is 9.53 Å². The van der Waals surface area contributed by atoms with Crippen molar-refractivity contribution in [3.05, 3.63) is 11.3 Å². The molecule has 1 aliphatic heterocycles. The van der Waals surface area contributed by atoms with Gasteiger partial charge in [0.05, 0.1) is 11.9 Å². The first-order valence-corrected chi connectivity index (χ1v) is 12.9. The first-order valence-electron chi connectivity index (χ1n) is 12.9. The molecule has 0 radical (unpaired) electrons. The summed E-state index contributed by atoms with van der Waals surface area (Å²) in [5.74, 6) is 4.23. The van der Waals surface area contributed by atoms with Crippen molar-refractivity contribution in [1.82, 2.24) is 0 Å². The summed E-state index contributed by atoms with van der Waals surface area (Å²) >= 11 is 0.